The monoisotopic (exact) mass is 176 g/mol. The summed E-state index contributed by atoms with van der Waals surface area (Å²) in [6, 6.07) is 8.08. The van der Waals surface area contributed by atoms with Crippen molar-refractivity contribution >= 4 is 0 Å². The molecule has 13 heavy (non-hydrogen) atoms. The van der Waals surface area contributed by atoms with Gasteiger partial charge >= 0.3 is 0 Å². The average molecular weight is 176 g/mol. The lowest BCUT2D eigenvalue weighted by Crippen LogP contribution is -2.10. The van der Waals surface area contributed by atoms with Crippen LogP contribution in [-0.4, -0.2) is 0 Å². The average Bonchev–Trinajstić information content (AvgIpc) is 2.04. The number of benzene rings is 1. The second kappa shape index (κ2) is 3.65. The summed E-state index contributed by atoms with van der Waals surface area (Å²) < 4.78 is 5.21. The second-order valence-electron chi connectivity index (χ2n) is 4.06. The van der Waals surface area contributed by atoms with Crippen LogP contribution >= 0.6 is 0 Å². The van der Waals surface area contributed by atoms with Crippen molar-refractivity contribution in [2.45, 2.75) is 26.2 Å². The highest BCUT2D eigenvalue weighted by molar-refractivity contribution is 5.32. The van der Waals surface area contributed by atoms with Gasteiger partial charge < -0.3 is 4.74 Å². The molecule has 0 heterocycles. The van der Waals surface area contributed by atoms with E-state index in [0.717, 1.165) is 5.75 Å². The molecular weight excluding hydrogens is 160 g/mol. The first kappa shape index (κ1) is 9.85. The molecule has 1 rings (SSSR count). The summed E-state index contributed by atoms with van der Waals surface area (Å²) in [6.07, 6.45) is 1.45. The quantitative estimate of drug-likeness (QED) is 0.626. The Morgan fingerprint density at radius 2 is 2.00 bits per heavy atom. The molecule has 0 spiro atoms. The van der Waals surface area contributed by atoms with Crippen LogP contribution in [0.5, 0.6) is 5.75 Å². The van der Waals surface area contributed by atoms with Crippen LogP contribution < -0.4 is 4.74 Å². The largest absolute Gasteiger partial charge is 0.466 e. The first-order chi connectivity index (χ1) is 6.04. The van der Waals surface area contributed by atoms with Gasteiger partial charge in [-0.1, -0.05) is 39.5 Å². The third-order valence-electron chi connectivity index (χ3n) is 1.92. The summed E-state index contributed by atoms with van der Waals surface area (Å²) in [5.74, 6) is 0.849. The molecule has 0 amide bonds. The molecule has 0 bridgehead atoms. The Morgan fingerprint density at radius 1 is 1.31 bits per heavy atom. The van der Waals surface area contributed by atoms with Crippen LogP contribution in [0.4, 0.5) is 0 Å². The molecule has 0 aliphatic heterocycles. The topological polar surface area (TPSA) is 9.23 Å². The van der Waals surface area contributed by atoms with Gasteiger partial charge in [-0.05, 0) is 23.1 Å². The van der Waals surface area contributed by atoms with Gasteiger partial charge in [0.05, 0.1) is 6.26 Å². The van der Waals surface area contributed by atoms with E-state index in [1.165, 1.54) is 11.8 Å². The van der Waals surface area contributed by atoms with Gasteiger partial charge in [-0.25, -0.2) is 0 Å². The summed E-state index contributed by atoms with van der Waals surface area (Å²) in [4.78, 5) is 0. The van der Waals surface area contributed by atoms with E-state index in [-0.39, 0.29) is 5.41 Å². The Morgan fingerprint density at radius 3 is 2.54 bits per heavy atom. The van der Waals surface area contributed by atoms with E-state index >= 15 is 0 Å². The van der Waals surface area contributed by atoms with Gasteiger partial charge in [0.1, 0.15) is 5.75 Å². The smallest absolute Gasteiger partial charge is 0.126 e. The minimum atomic E-state index is 0.167. The maximum Gasteiger partial charge on any atom is 0.126 e. The highest BCUT2D eigenvalue weighted by atomic mass is 16.5. The molecule has 1 heteroatoms. The van der Waals surface area contributed by atoms with Crippen LogP contribution in [0.3, 0.4) is 0 Å². The van der Waals surface area contributed by atoms with E-state index in [0.29, 0.717) is 0 Å². The normalized spacial score (nSPS) is 11.0. The van der Waals surface area contributed by atoms with Crippen LogP contribution in [0, 0.1) is 0 Å². The maximum absolute atomic E-state index is 5.21. The Hall–Kier alpha value is -1.24. The van der Waals surface area contributed by atoms with Crippen molar-refractivity contribution < 1.29 is 4.74 Å². The molecule has 0 aliphatic carbocycles. The lowest BCUT2D eigenvalue weighted by atomic mass is 9.87. The predicted molar refractivity (Wildman–Crippen MR) is 56.0 cm³/mol. The number of ether oxygens (including phenoxy) is 1. The molecule has 0 fully saturated rings. The first-order valence-electron chi connectivity index (χ1n) is 4.42. The van der Waals surface area contributed by atoms with Crippen molar-refractivity contribution in [2.24, 2.45) is 0 Å². The Labute approximate surface area is 80.0 Å². The highest BCUT2D eigenvalue weighted by Crippen LogP contribution is 2.25. The van der Waals surface area contributed by atoms with Crippen molar-refractivity contribution in [1.29, 1.82) is 0 Å². The third-order valence-corrected chi connectivity index (χ3v) is 1.92. The lowest BCUT2D eigenvalue weighted by molar-refractivity contribution is 0.479. The van der Waals surface area contributed by atoms with Crippen molar-refractivity contribution in [3.05, 3.63) is 42.7 Å². The molecular formula is C12H16O. The van der Waals surface area contributed by atoms with E-state index in [1.54, 1.807) is 0 Å². The highest BCUT2D eigenvalue weighted by Gasteiger charge is 2.13. The van der Waals surface area contributed by atoms with E-state index in [1.807, 2.05) is 18.2 Å². The molecule has 1 aromatic carbocycles. The molecule has 1 aromatic rings. The molecule has 0 unspecified atom stereocenters. The van der Waals surface area contributed by atoms with Gasteiger partial charge in [-0.3, -0.25) is 0 Å². The van der Waals surface area contributed by atoms with Crippen molar-refractivity contribution in [3.63, 3.8) is 0 Å². The summed E-state index contributed by atoms with van der Waals surface area (Å²) in [6.45, 7) is 10.1. The second-order valence-corrected chi connectivity index (χ2v) is 4.06. The third kappa shape index (κ3) is 2.62. The zero-order valence-electron chi connectivity index (χ0n) is 8.50. The molecule has 0 N–H and O–H groups in total. The first-order valence-corrected chi connectivity index (χ1v) is 4.42. The zero-order valence-corrected chi connectivity index (χ0v) is 8.50. The molecule has 1 nitrogen and oxygen atoms in total. The van der Waals surface area contributed by atoms with Crippen LogP contribution in [0.2, 0.25) is 0 Å². The SMILES string of the molecule is C=COc1cccc(C(C)(C)C)c1. The number of rotatable bonds is 2. The van der Waals surface area contributed by atoms with E-state index in [9.17, 15) is 0 Å². The van der Waals surface area contributed by atoms with Gasteiger partial charge in [0.15, 0.2) is 0 Å². The van der Waals surface area contributed by atoms with Gasteiger partial charge in [-0.2, -0.15) is 0 Å². The summed E-state index contributed by atoms with van der Waals surface area (Å²) >= 11 is 0. The van der Waals surface area contributed by atoms with Gasteiger partial charge in [0.2, 0.25) is 0 Å². The maximum atomic E-state index is 5.21. The van der Waals surface area contributed by atoms with E-state index in [2.05, 4.69) is 33.4 Å². The molecule has 0 atom stereocenters. The number of hydrogen-bond acceptors (Lipinski definition) is 1. The Kier molecular flexibility index (Phi) is 2.76. The summed E-state index contributed by atoms with van der Waals surface area (Å²) in [5, 5.41) is 0. The van der Waals surface area contributed by atoms with E-state index < -0.39 is 0 Å². The van der Waals surface area contributed by atoms with Crippen molar-refractivity contribution in [2.75, 3.05) is 0 Å². The van der Waals surface area contributed by atoms with E-state index in [4.69, 9.17) is 4.74 Å². The fraction of sp³-hybridized carbons (Fsp3) is 0.333. The minimum absolute atomic E-state index is 0.167. The van der Waals surface area contributed by atoms with Crippen LogP contribution in [-0.2, 0) is 5.41 Å². The van der Waals surface area contributed by atoms with Gasteiger partial charge in [0, 0.05) is 0 Å². The Balaban J connectivity index is 2.98. The molecule has 0 saturated carbocycles. The van der Waals surface area contributed by atoms with Crippen LogP contribution in [0.15, 0.2) is 37.1 Å². The van der Waals surface area contributed by atoms with Gasteiger partial charge in [-0.15, -0.1) is 0 Å². The Bertz CT molecular complexity index is 294. The van der Waals surface area contributed by atoms with Crippen LogP contribution in [0.1, 0.15) is 26.3 Å². The number of hydrogen-bond donors (Lipinski definition) is 0. The molecule has 0 aromatic heterocycles. The molecule has 0 aliphatic rings. The van der Waals surface area contributed by atoms with Crippen LogP contribution in [0.25, 0.3) is 0 Å². The standard InChI is InChI=1S/C12H16O/c1-5-13-11-8-6-7-10(9-11)12(2,3)4/h5-9H,1H2,2-4H3. The predicted octanol–water partition coefficient (Wildman–Crippen LogP) is 3.51. The summed E-state index contributed by atoms with van der Waals surface area (Å²) in [5.41, 5.74) is 1.44. The molecule has 0 radical (unpaired) electrons. The summed E-state index contributed by atoms with van der Waals surface area (Å²) in [7, 11) is 0. The van der Waals surface area contributed by atoms with Gasteiger partial charge in [0.25, 0.3) is 0 Å². The fourth-order valence-electron chi connectivity index (χ4n) is 1.13. The lowest BCUT2D eigenvalue weighted by Gasteiger charge is -2.19. The fourth-order valence-corrected chi connectivity index (χ4v) is 1.13. The van der Waals surface area contributed by atoms with Crippen molar-refractivity contribution in [3.8, 4) is 5.75 Å². The van der Waals surface area contributed by atoms with Crippen molar-refractivity contribution in [1.82, 2.24) is 0 Å². The molecule has 70 valence electrons. The molecule has 0 saturated heterocycles. The zero-order chi connectivity index (χ0) is 9.90. The minimum Gasteiger partial charge on any atom is -0.466 e.